The van der Waals surface area contributed by atoms with Gasteiger partial charge in [-0.2, -0.15) is 26.3 Å². The molecule has 39 heavy (non-hydrogen) atoms. The second-order valence-electron chi connectivity index (χ2n) is 9.56. The summed E-state index contributed by atoms with van der Waals surface area (Å²) in [7, 11) is -4.15. The van der Waals surface area contributed by atoms with Gasteiger partial charge in [-0.15, -0.1) is 0 Å². The maximum absolute atomic E-state index is 13.9. The number of nitrogens with zero attached hydrogens (tertiary/aromatic N) is 1. The van der Waals surface area contributed by atoms with E-state index in [0.717, 1.165) is 66.9 Å². The number of sulfone groups is 1. The molecule has 0 saturated carbocycles. The van der Waals surface area contributed by atoms with Gasteiger partial charge < -0.3 is 5.11 Å². The molecule has 13 heteroatoms. The maximum Gasteiger partial charge on any atom is 0.416 e. The van der Waals surface area contributed by atoms with Crippen LogP contribution in [0.1, 0.15) is 39.1 Å². The molecule has 1 N–H and O–H groups in total. The third-order valence-electron chi connectivity index (χ3n) is 6.53. The summed E-state index contributed by atoms with van der Waals surface area (Å²) in [6.07, 6.45) is -8.49. The molecular formula is C26H21F8NO3S. The Bertz CT molecular complexity index is 1370. The van der Waals surface area contributed by atoms with E-state index in [0.29, 0.717) is 6.07 Å². The molecule has 0 radical (unpaired) electrons. The van der Waals surface area contributed by atoms with E-state index >= 15 is 0 Å². The number of likely N-dealkylation sites (tertiary alicyclic amines) is 1. The lowest BCUT2D eigenvalue weighted by molar-refractivity contribution is -0.138. The van der Waals surface area contributed by atoms with Gasteiger partial charge in [0, 0.05) is 25.4 Å². The van der Waals surface area contributed by atoms with Crippen molar-refractivity contribution >= 4 is 9.84 Å². The minimum Gasteiger partial charge on any atom is -0.385 e. The van der Waals surface area contributed by atoms with Crippen molar-refractivity contribution in [2.45, 2.75) is 29.2 Å². The Morgan fingerprint density at radius 3 is 1.46 bits per heavy atom. The molecule has 1 saturated heterocycles. The quantitative estimate of drug-likeness (QED) is 0.369. The number of benzene rings is 3. The molecule has 1 aliphatic rings. The Kier molecular flexibility index (Phi) is 7.32. The van der Waals surface area contributed by atoms with Gasteiger partial charge in [-0.05, 0) is 53.1 Å². The molecule has 1 heterocycles. The highest BCUT2D eigenvalue weighted by Crippen LogP contribution is 2.45. The Balaban J connectivity index is 1.72. The summed E-state index contributed by atoms with van der Waals surface area (Å²) in [4.78, 5) is 1.46. The first kappa shape index (κ1) is 29.0. The lowest BCUT2D eigenvalue weighted by Crippen LogP contribution is -2.66. The second-order valence-corrected chi connectivity index (χ2v) is 11.7. The van der Waals surface area contributed by atoms with Crippen LogP contribution in [0, 0.1) is 11.6 Å². The summed E-state index contributed by atoms with van der Waals surface area (Å²) in [5.41, 5.74) is -3.84. The van der Waals surface area contributed by atoms with E-state index in [4.69, 9.17) is 0 Å². The first-order chi connectivity index (χ1) is 17.9. The molecular weight excluding hydrogens is 558 g/mol. The van der Waals surface area contributed by atoms with Crippen molar-refractivity contribution in [3.8, 4) is 0 Å². The van der Waals surface area contributed by atoms with E-state index in [9.17, 15) is 48.6 Å². The SMILES string of the molecule is CS(=O)(=O)C(c1cc(F)cc(F)c1)C1(O)CN(C(c2ccc(C(F)(F)F)cc2)c2ccc(C(F)(F)F)cc2)C1. The Morgan fingerprint density at radius 1 is 0.744 bits per heavy atom. The Morgan fingerprint density at radius 2 is 1.13 bits per heavy atom. The molecule has 210 valence electrons. The van der Waals surface area contributed by atoms with Gasteiger partial charge in [0.2, 0.25) is 0 Å². The molecule has 4 rings (SSSR count). The van der Waals surface area contributed by atoms with Crippen molar-refractivity contribution < 1.29 is 48.6 Å². The number of β-amino-alcohol motifs (C(OH)–C–C–N with tert-alkyl or cyclic N) is 1. The number of hydrogen-bond acceptors (Lipinski definition) is 4. The van der Waals surface area contributed by atoms with Gasteiger partial charge in [-0.1, -0.05) is 24.3 Å². The van der Waals surface area contributed by atoms with Crippen LogP contribution in [0.15, 0.2) is 66.7 Å². The highest BCUT2D eigenvalue weighted by atomic mass is 32.2. The largest absolute Gasteiger partial charge is 0.416 e. The van der Waals surface area contributed by atoms with Crippen molar-refractivity contribution in [3.05, 3.63) is 106 Å². The first-order valence-corrected chi connectivity index (χ1v) is 13.3. The molecule has 4 nitrogen and oxygen atoms in total. The lowest BCUT2D eigenvalue weighted by atomic mass is 9.82. The minimum absolute atomic E-state index is 0.234. The van der Waals surface area contributed by atoms with Crippen molar-refractivity contribution in [3.63, 3.8) is 0 Å². The van der Waals surface area contributed by atoms with Crippen LogP contribution in [-0.2, 0) is 22.2 Å². The normalized spacial score (nSPS) is 17.2. The van der Waals surface area contributed by atoms with E-state index in [1.165, 1.54) is 4.90 Å². The molecule has 0 aromatic heterocycles. The topological polar surface area (TPSA) is 57.6 Å². The molecule has 0 aliphatic carbocycles. The highest BCUT2D eigenvalue weighted by Gasteiger charge is 2.54. The second kappa shape index (κ2) is 9.86. The molecule has 3 aromatic carbocycles. The monoisotopic (exact) mass is 579 g/mol. The number of halogens is 8. The number of aliphatic hydroxyl groups is 1. The predicted molar refractivity (Wildman–Crippen MR) is 125 cm³/mol. The van der Waals surface area contributed by atoms with Crippen LogP contribution in [-0.4, -0.2) is 43.4 Å². The Hall–Kier alpha value is -3.03. The van der Waals surface area contributed by atoms with Gasteiger partial charge in [-0.3, -0.25) is 4.90 Å². The van der Waals surface area contributed by atoms with Crippen molar-refractivity contribution in [2.75, 3.05) is 19.3 Å². The number of rotatable bonds is 6. The van der Waals surface area contributed by atoms with Crippen molar-refractivity contribution in [1.82, 2.24) is 4.90 Å². The van der Waals surface area contributed by atoms with E-state index in [2.05, 4.69) is 0 Å². The third-order valence-corrected chi connectivity index (χ3v) is 8.10. The van der Waals surface area contributed by atoms with Crippen LogP contribution in [0.4, 0.5) is 35.1 Å². The summed E-state index contributed by atoms with van der Waals surface area (Å²) >= 11 is 0. The fourth-order valence-electron chi connectivity index (χ4n) is 5.01. The average Bonchev–Trinajstić information content (AvgIpc) is 2.76. The minimum atomic E-state index is -4.64. The van der Waals surface area contributed by atoms with Crippen LogP contribution >= 0.6 is 0 Å². The first-order valence-electron chi connectivity index (χ1n) is 11.3. The van der Waals surface area contributed by atoms with Crippen LogP contribution < -0.4 is 0 Å². The summed E-state index contributed by atoms with van der Waals surface area (Å²) in [5, 5.41) is 9.53. The van der Waals surface area contributed by atoms with Crippen LogP contribution in [0.25, 0.3) is 0 Å². The third kappa shape index (κ3) is 6.10. The Labute approximate surface area is 218 Å². The van der Waals surface area contributed by atoms with E-state index in [-0.39, 0.29) is 16.7 Å². The molecule has 0 spiro atoms. The fourth-order valence-corrected chi connectivity index (χ4v) is 6.59. The molecule has 0 bridgehead atoms. The molecule has 0 amide bonds. The smallest absolute Gasteiger partial charge is 0.385 e. The van der Waals surface area contributed by atoms with Crippen LogP contribution in [0.2, 0.25) is 0 Å². The van der Waals surface area contributed by atoms with Crippen molar-refractivity contribution in [1.29, 1.82) is 0 Å². The summed E-state index contributed by atoms with van der Waals surface area (Å²) in [6, 6.07) is 8.86. The standard InChI is InChI=1S/C26H21F8NO3S/c1-39(37,38)23(17-10-20(27)12-21(28)11-17)24(36)13-35(14-24)22(15-2-6-18(7-3-15)25(29,30)31)16-4-8-19(9-5-16)26(32,33)34/h2-12,22-23,36H,13-14H2,1H3. The van der Waals surface area contributed by atoms with Gasteiger partial charge in [0.05, 0.1) is 17.2 Å². The van der Waals surface area contributed by atoms with Crippen LogP contribution in [0.3, 0.4) is 0 Å². The zero-order chi connectivity index (χ0) is 29.0. The van der Waals surface area contributed by atoms with Gasteiger partial charge in [0.25, 0.3) is 0 Å². The fraction of sp³-hybridized carbons (Fsp3) is 0.308. The number of alkyl halides is 6. The molecule has 1 fully saturated rings. The lowest BCUT2D eigenvalue weighted by Gasteiger charge is -2.53. The van der Waals surface area contributed by atoms with Gasteiger partial charge >= 0.3 is 12.4 Å². The molecule has 1 atom stereocenters. The van der Waals surface area contributed by atoms with E-state index in [1.54, 1.807) is 0 Å². The van der Waals surface area contributed by atoms with Gasteiger partial charge in [0.15, 0.2) is 9.84 Å². The summed E-state index contributed by atoms with van der Waals surface area (Å²) in [6.45, 7) is -0.842. The zero-order valence-corrected chi connectivity index (χ0v) is 20.9. The summed E-state index contributed by atoms with van der Waals surface area (Å²) < 4.78 is 132. The zero-order valence-electron chi connectivity index (χ0n) is 20.1. The average molecular weight is 580 g/mol. The van der Waals surface area contributed by atoms with E-state index in [1.807, 2.05) is 0 Å². The van der Waals surface area contributed by atoms with Gasteiger partial charge in [-0.25, -0.2) is 17.2 Å². The maximum atomic E-state index is 13.9. The molecule has 1 aliphatic heterocycles. The molecule has 3 aromatic rings. The van der Waals surface area contributed by atoms with Crippen molar-refractivity contribution in [2.24, 2.45) is 0 Å². The number of hydrogen-bond donors (Lipinski definition) is 1. The van der Waals surface area contributed by atoms with Crippen LogP contribution in [0.5, 0.6) is 0 Å². The van der Waals surface area contributed by atoms with E-state index < -0.39 is 74.9 Å². The van der Waals surface area contributed by atoms with Gasteiger partial charge in [0.1, 0.15) is 22.5 Å². The molecule has 1 unspecified atom stereocenters. The summed E-state index contributed by atoms with van der Waals surface area (Å²) in [5.74, 6) is -2.13. The highest BCUT2D eigenvalue weighted by molar-refractivity contribution is 7.91. The predicted octanol–water partition coefficient (Wildman–Crippen LogP) is 5.92.